The largest absolute Gasteiger partial charge is 0.481 e. The van der Waals surface area contributed by atoms with Gasteiger partial charge in [-0.2, -0.15) is 0 Å². The van der Waals surface area contributed by atoms with Crippen LogP contribution in [-0.2, 0) is 57.9 Å². The lowest BCUT2D eigenvalue weighted by molar-refractivity contribution is -0.157. The van der Waals surface area contributed by atoms with E-state index in [1.807, 2.05) is 66.7 Å². The molecule has 0 spiro atoms. The maximum absolute atomic E-state index is 14.2. The molecule has 2 aliphatic heterocycles. The number of benzene rings is 5. The Morgan fingerprint density at radius 1 is 0.795 bits per heavy atom. The van der Waals surface area contributed by atoms with Crippen LogP contribution >= 0.6 is 0 Å². The minimum atomic E-state index is -1.27. The highest BCUT2D eigenvalue weighted by atomic mass is 16.5. The van der Waals surface area contributed by atoms with Crippen molar-refractivity contribution in [2.45, 2.75) is 96.9 Å². The Morgan fingerprint density at radius 2 is 1.53 bits per heavy atom. The van der Waals surface area contributed by atoms with E-state index < -0.39 is 77.7 Å². The molecule has 0 radical (unpaired) electrons. The molecule has 0 unspecified atom stereocenters. The summed E-state index contributed by atoms with van der Waals surface area (Å²) in [7, 11) is 0. The number of Topliss-reactive ketones (excluding diaryl/α,β-unsaturated/α-hetero) is 1. The molecule has 3 saturated carbocycles. The van der Waals surface area contributed by atoms with Crippen molar-refractivity contribution in [3.05, 3.63) is 179 Å². The van der Waals surface area contributed by atoms with Crippen LogP contribution in [0.1, 0.15) is 98.6 Å². The van der Waals surface area contributed by atoms with Gasteiger partial charge < -0.3 is 45.8 Å². The van der Waals surface area contributed by atoms with Gasteiger partial charge in [0.25, 0.3) is 0 Å². The number of para-hydroxylation sites is 1. The second-order valence-corrected chi connectivity index (χ2v) is 24.7. The molecule has 7 N–H and O–H groups in total. The maximum atomic E-state index is 14.2. The molecule has 88 heavy (non-hydrogen) atoms. The quantitative estimate of drug-likeness (QED) is 0.0387. The first-order valence-corrected chi connectivity index (χ1v) is 30.1. The van der Waals surface area contributed by atoms with Crippen molar-refractivity contribution in [3.63, 3.8) is 0 Å². The van der Waals surface area contributed by atoms with Crippen LogP contribution in [0.4, 0.5) is 27.5 Å². The second-order valence-electron chi connectivity index (χ2n) is 24.7. The minimum Gasteiger partial charge on any atom is -0.481 e. The summed E-state index contributed by atoms with van der Waals surface area (Å²) in [5, 5.41) is 42.5. The van der Waals surface area contributed by atoms with Gasteiger partial charge in [-0.25, -0.2) is 4.79 Å². The van der Waals surface area contributed by atoms with Gasteiger partial charge in [-0.05, 0) is 151 Å². The number of ether oxygens (including phenoxy) is 1. The highest BCUT2D eigenvalue weighted by molar-refractivity contribution is 6.01. The van der Waals surface area contributed by atoms with Gasteiger partial charge in [0.05, 0.1) is 30.3 Å². The third-order valence-electron chi connectivity index (χ3n) is 19.6. The summed E-state index contributed by atoms with van der Waals surface area (Å²) in [6, 6.07) is 35.6. The number of rotatable bonds is 19. The first kappa shape index (κ1) is 60.5. The molecule has 5 aromatic carbocycles. The summed E-state index contributed by atoms with van der Waals surface area (Å²) in [5.74, 6) is 3.01. The molecule has 18 heteroatoms. The van der Waals surface area contributed by atoms with Gasteiger partial charge in [-0.15, -0.1) is 0 Å². The van der Waals surface area contributed by atoms with Crippen LogP contribution in [0.5, 0.6) is 0 Å². The number of aliphatic hydroxyl groups excluding tert-OH is 2. The van der Waals surface area contributed by atoms with Gasteiger partial charge in [0.1, 0.15) is 19.3 Å². The molecule has 4 fully saturated rings. The lowest BCUT2D eigenvalue weighted by atomic mass is 9.44. The van der Waals surface area contributed by atoms with Gasteiger partial charge in [0.15, 0.2) is 11.6 Å². The van der Waals surface area contributed by atoms with E-state index in [0.29, 0.717) is 54.1 Å². The van der Waals surface area contributed by atoms with E-state index in [2.05, 4.69) is 76.1 Å². The molecule has 1 saturated heterocycles. The Hall–Kier alpha value is -9.18. The number of nitrogens with one attached hydrogen (secondary N) is 4. The number of fused-ring (bicyclic) bond motifs is 9. The molecular formula is C70H72N6O12. The average molecular weight is 1190 g/mol. The molecule has 11 rings (SSSR count). The fourth-order valence-electron chi connectivity index (χ4n) is 15.4. The summed E-state index contributed by atoms with van der Waals surface area (Å²) in [6.45, 7) is 4.55. The normalized spacial score (nSPS) is 24.8. The molecule has 0 bridgehead atoms. The van der Waals surface area contributed by atoms with E-state index in [4.69, 9.17) is 4.74 Å². The first-order valence-electron chi connectivity index (χ1n) is 30.1. The highest BCUT2D eigenvalue weighted by Crippen LogP contribution is 2.72. The summed E-state index contributed by atoms with van der Waals surface area (Å²) in [4.78, 5) is 108. The number of amides is 5. The lowest BCUT2D eigenvalue weighted by Crippen LogP contribution is -2.60. The smallest absolute Gasteiger partial charge is 0.411 e. The number of hydrogen-bond acceptors (Lipinski definition) is 12. The van der Waals surface area contributed by atoms with Crippen molar-refractivity contribution < 1.29 is 58.4 Å². The number of hydrogen-bond donors (Lipinski definition) is 7. The van der Waals surface area contributed by atoms with Gasteiger partial charge in [0, 0.05) is 71.9 Å². The Balaban J connectivity index is 0.632. The molecule has 454 valence electrons. The highest BCUT2D eigenvalue weighted by Gasteiger charge is 2.73. The van der Waals surface area contributed by atoms with Crippen LogP contribution in [0.25, 0.3) is 0 Å². The van der Waals surface area contributed by atoms with Crippen molar-refractivity contribution in [3.8, 4) is 11.8 Å². The van der Waals surface area contributed by atoms with E-state index in [0.717, 1.165) is 52.8 Å². The maximum Gasteiger partial charge on any atom is 0.411 e. The summed E-state index contributed by atoms with van der Waals surface area (Å²) in [5.41, 5.74) is 6.72. The topological polar surface area (TPSA) is 261 Å². The number of aliphatic hydroxyl groups is 2. The standard InChI is InChI=1S/C70H72N6O12/c1-68-31-30-54(78)34-49(68)20-25-55-56-35-50-39-75(42-70(50,60(80)40-77)69(56,2)36-59(79)65(55)68)53-23-16-43(17-24-53)32-45-8-7-12-52(33-45)73-67(87)88-41-44-14-21-51(22-15-44)72-66(86)57(26-29-64(84)85)74-62(82)37-71-61(81)27-28-63(83)76-38-48-11-4-3-9-46(48)18-19-47-10-5-6-13-58(47)76/h3-17,21-24,30-31,33-34,50,55-57,59,65,77,79H,20,25-29,32,35-42H2,1-2H3,(H,71,81)(H,72,86)(H,73,87)(H,74,82)(H,84,85)/t50-,55-,56-,57-,59-,65+,68-,69-,70+/m0/s1. The number of carboxylic acids is 1. The number of carbonyl (C=O) groups excluding carboxylic acids is 7. The van der Waals surface area contributed by atoms with Crippen LogP contribution in [-0.4, -0.2) is 101 Å². The van der Waals surface area contributed by atoms with E-state index in [1.165, 1.54) is 0 Å². The predicted octanol–water partition coefficient (Wildman–Crippen LogP) is 8.03. The monoisotopic (exact) mass is 1190 g/mol. The van der Waals surface area contributed by atoms with E-state index >= 15 is 0 Å². The van der Waals surface area contributed by atoms with Crippen LogP contribution in [0.15, 0.2) is 145 Å². The van der Waals surface area contributed by atoms with Crippen molar-refractivity contribution in [2.24, 2.45) is 39.9 Å². The molecule has 9 atom stereocenters. The average Bonchev–Trinajstić information content (AvgIpc) is 1.48. The molecule has 18 nitrogen and oxygen atoms in total. The van der Waals surface area contributed by atoms with Crippen molar-refractivity contribution in [2.75, 3.05) is 46.7 Å². The van der Waals surface area contributed by atoms with E-state index in [9.17, 15) is 53.7 Å². The SMILES string of the molecule is C[C@]12C=CC(=O)C=C1CC[C@@H]1[C@@H]2[C@@H](O)C[C@@]2(C)[C@H]1C[C@H]1CN(c3ccc(Cc4cccc(NC(=O)OCc5ccc(NC(=O)[C@H](CCC(=O)O)NC(=O)CNC(=O)CCC(=O)N6Cc7ccccc7C#Cc7ccccc76)cc5)c4)cc3)C[C@]12C(=O)CO. The third kappa shape index (κ3) is 12.3. The Kier molecular flexibility index (Phi) is 17.4. The Labute approximate surface area is 510 Å². The van der Waals surface area contributed by atoms with E-state index in [-0.39, 0.29) is 73.6 Å². The second kappa shape index (κ2) is 25.3. The number of anilines is 4. The molecule has 2 heterocycles. The number of carbonyl (C=O) groups is 8. The van der Waals surface area contributed by atoms with Gasteiger partial charge in [-0.1, -0.05) is 104 Å². The number of ketones is 2. The molecule has 5 amide bonds. The summed E-state index contributed by atoms with van der Waals surface area (Å²) in [6.07, 6.45) is 6.53. The van der Waals surface area contributed by atoms with Crippen molar-refractivity contribution >= 4 is 70.0 Å². The molecule has 5 aromatic rings. The lowest BCUT2D eigenvalue weighted by Gasteiger charge is -2.60. The summed E-state index contributed by atoms with van der Waals surface area (Å²) < 4.78 is 5.52. The molecule has 0 aromatic heterocycles. The van der Waals surface area contributed by atoms with Crippen LogP contribution in [0, 0.1) is 51.8 Å². The van der Waals surface area contributed by atoms with Crippen LogP contribution in [0.3, 0.4) is 0 Å². The zero-order valence-electron chi connectivity index (χ0n) is 49.3. The van der Waals surface area contributed by atoms with Gasteiger partial charge in [-0.3, -0.25) is 38.9 Å². The molecule has 4 aliphatic carbocycles. The molecular weight excluding hydrogens is 1120 g/mol. The fourth-order valence-corrected chi connectivity index (χ4v) is 15.4. The van der Waals surface area contributed by atoms with Crippen molar-refractivity contribution in [1.29, 1.82) is 0 Å². The number of allylic oxidation sites excluding steroid dienone is 4. The fraction of sp³-hybridized carbons (Fsp3) is 0.371. The Morgan fingerprint density at radius 3 is 2.31 bits per heavy atom. The summed E-state index contributed by atoms with van der Waals surface area (Å²) >= 11 is 0. The van der Waals surface area contributed by atoms with Gasteiger partial charge >= 0.3 is 12.1 Å². The predicted molar refractivity (Wildman–Crippen MR) is 329 cm³/mol. The van der Waals surface area contributed by atoms with Gasteiger partial charge in [0.2, 0.25) is 23.6 Å². The minimum absolute atomic E-state index is 0.00492. The van der Waals surface area contributed by atoms with Crippen LogP contribution < -0.4 is 31.1 Å². The van der Waals surface area contributed by atoms with Crippen LogP contribution in [0.2, 0.25) is 0 Å². The number of carboxylic acid groups (broad SMARTS) is 1. The third-order valence-corrected chi connectivity index (χ3v) is 19.6. The molecule has 6 aliphatic rings. The van der Waals surface area contributed by atoms with E-state index in [1.54, 1.807) is 53.5 Å². The van der Waals surface area contributed by atoms with Crippen molar-refractivity contribution in [1.82, 2.24) is 10.6 Å². The number of nitrogens with zero attached hydrogens (tertiary/aromatic N) is 2. The zero-order chi connectivity index (χ0) is 61.9. The number of aliphatic carboxylic acids is 1. The Bertz CT molecular complexity index is 3720. The first-order chi connectivity index (χ1) is 42.3. The zero-order valence-corrected chi connectivity index (χ0v) is 49.3.